The van der Waals surface area contributed by atoms with Gasteiger partial charge in [0.15, 0.2) is 5.82 Å². The normalized spacial score (nSPS) is 19.2. The van der Waals surface area contributed by atoms with E-state index in [0.717, 1.165) is 32.0 Å². The molecule has 0 saturated carbocycles. The lowest BCUT2D eigenvalue weighted by Gasteiger charge is -2.23. The second-order valence-corrected chi connectivity index (χ2v) is 4.97. The number of nitrogens with one attached hydrogen (secondary N) is 2. The summed E-state index contributed by atoms with van der Waals surface area (Å²) in [6, 6.07) is 2.49. The van der Waals surface area contributed by atoms with E-state index in [1.54, 1.807) is 6.92 Å². The number of hydrogen-bond acceptors (Lipinski definition) is 4. The fraction of sp³-hybridized carbons (Fsp3) is 0.538. The Morgan fingerprint density at radius 3 is 3.00 bits per heavy atom. The minimum Gasteiger partial charge on any atom is -0.382 e. The molecule has 104 valence electrons. The van der Waals surface area contributed by atoms with Crippen molar-refractivity contribution in [2.45, 2.75) is 19.8 Å². The second kappa shape index (κ2) is 5.97. The third kappa shape index (κ3) is 3.41. The quantitative estimate of drug-likeness (QED) is 0.649. The van der Waals surface area contributed by atoms with Crippen LogP contribution >= 0.6 is 0 Å². The van der Waals surface area contributed by atoms with Crippen LogP contribution in [0.3, 0.4) is 0 Å². The van der Waals surface area contributed by atoms with Crippen LogP contribution in [0.1, 0.15) is 18.4 Å². The largest absolute Gasteiger partial charge is 0.382 e. The van der Waals surface area contributed by atoms with Gasteiger partial charge in [-0.1, -0.05) is 0 Å². The van der Waals surface area contributed by atoms with Gasteiger partial charge in [0.05, 0.1) is 16.7 Å². The smallest absolute Gasteiger partial charge is 0.275 e. The van der Waals surface area contributed by atoms with Crippen molar-refractivity contribution in [3.05, 3.63) is 33.6 Å². The van der Waals surface area contributed by atoms with Gasteiger partial charge in [-0.05, 0) is 44.8 Å². The van der Waals surface area contributed by atoms with Crippen molar-refractivity contribution in [2.24, 2.45) is 5.92 Å². The van der Waals surface area contributed by atoms with E-state index in [1.165, 1.54) is 6.07 Å². The average Bonchev–Trinajstić information content (AvgIpc) is 2.40. The molecular formula is C13H18FN3O2. The van der Waals surface area contributed by atoms with Crippen molar-refractivity contribution < 1.29 is 9.31 Å². The van der Waals surface area contributed by atoms with Gasteiger partial charge in [-0.15, -0.1) is 0 Å². The van der Waals surface area contributed by atoms with Gasteiger partial charge in [-0.2, -0.15) is 0 Å². The van der Waals surface area contributed by atoms with Crippen molar-refractivity contribution in [3.8, 4) is 0 Å². The Labute approximate surface area is 111 Å². The molecule has 0 bridgehead atoms. The van der Waals surface area contributed by atoms with Gasteiger partial charge in [0.2, 0.25) is 0 Å². The van der Waals surface area contributed by atoms with Gasteiger partial charge in [-0.25, -0.2) is 4.39 Å². The first kappa shape index (κ1) is 13.7. The Hall–Kier alpha value is -1.69. The number of aryl methyl sites for hydroxylation is 1. The first-order valence-electron chi connectivity index (χ1n) is 6.47. The highest BCUT2D eigenvalue weighted by Gasteiger charge is 2.17. The minimum absolute atomic E-state index is 0.178. The molecule has 0 aromatic heterocycles. The standard InChI is InChI=1S/C13H18FN3O2/c1-9-5-12(11(14)6-13(9)17(18)19)16-8-10-3-2-4-15-7-10/h5-6,10,15-16H,2-4,7-8H2,1H3. The molecule has 1 aromatic rings. The summed E-state index contributed by atoms with van der Waals surface area (Å²) in [5, 5.41) is 17.1. The third-order valence-electron chi connectivity index (χ3n) is 3.46. The Bertz CT molecular complexity index is 473. The van der Waals surface area contributed by atoms with Crippen LogP contribution in [0.4, 0.5) is 15.8 Å². The summed E-state index contributed by atoms with van der Waals surface area (Å²) in [6.07, 6.45) is 2.25. The van der Waals surface area contributed by atoms with Gasteiger partial charge < -0.3 is 10.6 Å². The Kier molecular flexibility index (Phi) is 4.31. The maximum Gasteiger partial charge on any atom is 0.275 e. The predicted molar refractivity (Wildman–Crippen MR) is 71.9 cm³/mol. The Morgan fingerprint density at radius 1 is 1.58 bits per heavy atom. The maximum absolute atomic E-state index is 13.8. The summed E-state index contributed by atoms with van der Waals surface area (Å²) < 4.78 is 13.8. The van der Waals surface area contributed by atoms with Gasteiger partial charge >= 0.3 is 0 Å². The Balaban J connectivity index is 2.04. The topological polar surface area (TPSA) is 67.2 Å². The van der Waals surface area contributed by atoms with Crippen molar-refractivity contribution in [3.63, 3.8) is 0 Å². The summed E-state index contributed by atoms with van der Waals surface area (Å²) in [7, 11) is 0. The number of hydrogen-bond donors (Lipinski definition) is 2. The fourth-order valence-electron chi connectivity index (χ4n) is 2.36. The monoisotopic (exact) mass is 267 g/mol. The molecule has 0 spiro atoms. The summed E-state index contributed by atoms with van der Waals surface area (Å²) in [6.45, 7) is 4.27. The highest BCUT2D eigenvalue weighted by atomic mass is 19.1. The third-order valence-corrected chi connectivity index (χ3v) is 3.46. The van der Waals surface area contributed by atoms with Gasteiger partial charge in [0.25, 0.3) is 5.69 Å². The molecule has 6 heteroatoms. The van der Waals surface area contributed by atoms with E-state index in [9.17, 15) is 14.5 Å². The number of rotatable bonds is 4. The molecule has 2 rings (SSSR count). The maximum atomic E-state index is 13.8. The van der Waals surface area contributed by atoms with E-state index in [4.69, 9.17) is 0 Å². The van der Waals surface area contributed by atoms with Crippen molar-refractivity contribution >= 4 is 11.4 Å². The van der Waals surface area contributed by atoms with E-state index < -0.39 is 10.7 Å². The molecule has 0 aliphatic carbocycles. The number of anilines is 1. The lowest BCUT2D eigenvalue weighted by Crippen LogP contribution is -2.33. The molecule has 0 radical (unpaired) electrons. The zero-order valence-electron chi connectivity index (χ0n) is 10.9. The number of nitro groups is 1. The Morgan fingerprint density at radius 2 is 2.37 bits per heavy atom. The molecule has 1 aromatic carbocycles. The minimum atomic E-state index is -0.568. The van der Waals surface area contributed by atoms with Crippen molar-refractivity contribution in [1.82, 2.24) is 5.32 Å². The SMILES string of the molecule is Cc1cc(NCC2CCCNC2)c(F)cc1[N+](=O)[O-]. The van der Waals surface area contributed by atoms with Crippen LogP contribution in [0.25, 0.3) is 0 Å². The number of halogens is 1. The number of nitro benzene ring substituents is 1. The van der Waals surface area contributed by atoms with Crippen molar-refractivity contribution in [1.29, 1.82) is 0 Å². The van der Waals surface area contributed by atoms with E-state index in [0.29, 0.717) is 23.7 Å². The number of nitrogens with zero attached hydrogens (tertiary/aromatic N) is 1. The predicted octanol–water partition coefficient (Wildman–Crippen LogP) is 2.45. The summed E-state index contributed by atoms with van der Waals surface area (Å²) in [4.78, 5) is 10.1. The lowest BCUT2D eigenvalue weighted by molar-refractivity contribution is -0.385. The molecule has 1 unspecified atom stereocenters. The molecule has 2 N–H and O–H groups in total. The first-order valence-corrected chi connectivity index (χ1v) is 6.47. The van der Waals surface area contributed by atoms with Crippen LogP contribution in [0.2, 0.25) is 0 Å². The van der Waals surface area contributed by atoms with E-state index in [-0.39, 0.29) is 5.69 Å². The first-order chi connectivity index (χ1) is 9.08. The molecule has 1 aliphatic heterocycles. The molecule has 1 heterocycles. The molecule has 19 heavy (non-hydrogen) atoms. The number of piperidine rings is 1. The molecule has 5 nitrogen and oxygen atoms in total. The molecule has 0 amide bonds. The molecule has 1 aliphatic rings. The number of benzene rings is 1. The van der Waals surface area contributed by atoms with Crippen LogP contribution in [0, 0.1) is 28.8 Å². The zero-order valence-corrected chi connectivity index (χ0v) is 10.9. The van der Waals surface area contributed by atoms with Crippen LogP contribution < -0.4 is 10.6 Å². The lowest BCUT2D eigenvalue weighted by atomic mass is 9.99. The summed E-state index contributed by atoms with van der Waals surface area (Å²) in [5.41, 5.74) is 0.631. The molecule has 1 saturated heterocycles. The van der Waals surface area contributed by atoms with Crippen molar-refractivity contribution in [2.75, 3.05) is 25.0 Å². The van der Waals surface area contributed by atoms with Gasteiger partial charge in [-0.3, -0.25) is 10.1 Å². The average molecular weight is 267 g/mol. The highest BCUT2D eigenvalue weighted by molar-refractivity contribution is 5.54. The molecular weight excluding hydrogens is 249 g/mol. The van der Waals surface area contributed by atoms with Crippen LogP contribution in [0.5, 0.6) is 0 Å². The summed E-state index contributed by atoms with van der Waals surface area (Å²) >= 11 is 0. The molecule has 1 fully saturated rings. The van der Waals surface area contributed by atoms with Crippen LogP contribution in [-0.4, -0.2) is 24.6 Å². The van der Waals surface area contributed by atoms with Gasteiger partial charge in [0, 0.05) is 12.1 Å². The van der Waals surface area contributed by atoms with Crippen LogP contribution in [0.15, 0.2) is 12.1 Å². The van der Waals surface area contributed by atoms with E-state index in [1.807, 2.05) is 0 Å². The van der Waals surface area contributed by atoms with E-state index in [2.05, 4.69) is 10.6 Å². The zero-order chi connectivity index (χ0) is 13.8. The second-order valence-electron chi connectivity index (χ2n) is 4.97. The summed E-state index contributed by atoms with van der Waals surface area (Å²) in [5.74, 6) is -0.0929. The highest BCUT2D eigenvalue weighted by Crippen LogP contribution is 2.25. The van der Waals surface area contributed by atoms with Crippen LogP contribution in [-0.2, 0) is 0 Å². The molecule has 1 atom stereocenters. The fourth-order valence-corrected chi connectivity index (χ4v) is 2.36. The van der Waals surface area contributed by atoms with Gasteiger partial charge in [0.1, 0.15) is 0 Å². The van der Waals surface area contributed by atoms with E-state index >= 15 is 0 Å².